The summed E-state index contributed by atoms with van der Waals surface area (Å²) in [5.41, 5.74) is 0.187. The Morgan fingerprint density at radius 3 is 1.76 bits per heavy atom. The maximum Gasteiger partial charge on any atom is 0.138 e. The fourth-order valence-corrected chi connectivity index (χ4v) is 1.89. The zero-order chi connectivity index (χ0) is 16.4. The lowest BCUT2D eigenvalue weighted by Gasteiger charge is -2.17. The first-order chi connectivity index (χ1) is 9.63. The summed E-state index contributed by atoms with van der Waals surface area (Å²) in [7, 11) is 0. The Kier molecular flexibility index (Phi) is 10.1. The van der Waals surface area contributed by atoms with Crippen LogP contribution < -0.4 is 0 Å². The number of hydrogen-bond acceptors (Lipinski definition) is 3. The van der Waals surface area contributed by atoms with Gasteiger partial charge in [0, 0.05) is 25.0 Å². The molecule has 0 N–H and O–H groups in total. The van der Waals surface area contributed by atoms with Gasteiger partial charge in [-0.15, -0.1) is 0 Å². The highest BCUT2D eigenvalue weighted by Gasteiger charge is 2.19. The van der Waals surface area contributed by atoms with Gasteiger partial charge in [-0.25, -0.2) is 0 Å². The van der Waals surface area contributed by atoms with E-state index < -0.39 is 0 Å². The molecule has 126 valence electrons. The minimum atomic E-state index is -0.207. The molecule has 0 amide bonds. The minimum Gasteiger partial charge on any atom is -0.379 e. The van der Waals surface area contributed by atoms with Crippen molar-refractivity contribution in [1.82, 2.24) is 0 Å². The topological polar surface area (TPSA) is 35.5 Å². The Labute approximate surface area is 131 Å². The second-order valence-corrected chi connectivity index (χ2v) is 8.02. The molecule has 0 spiro atoms. The molecule has 21 heavy (non-hydrogen) atoms. The normalized spacial score (nSPS) is 12.7. The molecule has 0 unspecified atom stereocenters. The van der Waals surface area contributed by atoms with E-state index in [1.807, 2.05) is 20.8 Å². The zero-order valence-corrected chi connectivity index (χ0v) is 15.1. The van der Waals surface area contributed by atoms with Crippen LogP contribution in [0.5, 0.6) is 0 Å². The average Bonchev–Trinajstić information content (AvgIpc) is 2.33. The molecule has 0 aliphatic heterocycles. The van der Waals surface area contributed by atoms with Crippen LogP contribution in [0.3, 0.4) is 0 Å². The summed E-state index contributed by atoms with van der Waals surface area (Å²) in [5, 5.41) is 0. The summed E-state index contributed by atoms with van der Waals surface area (Å²) in [4.78, 5) is 11.7. The predicted molar refractivity (Wildman–Crippen MR) is 88.6 cm³/mol. The van der Waals surface area contributed by atoms with Gasteiger partial charge in [0.1, 0.15) is 5.78 Å². The van der Waals surface area contributed by atoms with Gasteiger partial charge in [-0.1, -0.05) is 41.5 Å². The molecule has 0 heterocycles. The SMILES string of the molecule is CC(C)(C)CCCOCCOCCCCC(=O)C(C)(C)C. The van der Waals surface area contributed by atoms with Gasteiger partial charge < -0.3 is 9.47 Å². The summed E-state index contributed by atoms with van der Waals surface area (Å²) in [6.45, 7) is 15.5. The van der Waals surface area contributed by atoms with Crippen LogP contribution in [0.25, 0.3) is 0 Å². The van der Waals surface area contributed by atoms with Crippen LogP contribution in [0.2, 0.25) is 0 Å². The van der Waals surface area contributed by atoms with Crippen molar-refractivity contribution in [2.45, 2.75) is 73.6 Å². The maximum absolute atomic E-state index is 11.7. The van der Waals surface area contributed by atoms with Crippen LogP contribution >= 0.6 is 0 Å². The number of Topliss-reactive ketones (excluding diaryl/α,β-unsaturated/α-hetero) is 1. The molecule has 0 fully saturated rings. The molecule has 0 rings (SSSR count). The number of unbranched alkanes of at least 4 members (excludes halogenated alkanes) is 1. The van der Waals surface area contributed by atoms with Crippen LogP contribution in [0.4, 0.5) is 0 Å². The molecule has 0 saturated heterocycles. The molecule has 3 nitrogen and oxygen atoms in total. The minimum absolute atomic E-state index is 0.207. The van der Waals surface area contributed by atoms with Crippen LogP contribution in [-0.2, 0) is 14.3 Å². The fourth-order valence-electron chi connectivity index (χ4n) is 1.89. The largest absolute Gasteiger partial charge is 0.379 e. The summed E-state index contributed by atoms with van der Waals surface area (Å²) in [6.07, 6.45) is 4.83. The van der Waals surface area contributed by atoms with Gasteiger partial charge in [-0.2, -0.15) is 0 Å². The Balaban J connectivity index is 3.25. The standard InChI is InChI=1S/C18H36O3/c1-17(2,3)11-9-13-21-15-14-20-12-8-7-10-16(19)18(4,5)6/h7-15H2,1-6H3. The highest BCUT2D eigenvalue weighted by Crippen LogP contribution is 2.20. The molecule has 0 aromatic carbocycles. The van der Waals surface area contributed by atoms with E-state index in [1.165, 1.54) is 6.42 Å². The molecular formula is C18H36O3. The second kappa shape index (κ2) is 10.3. The van der Waals surface area contributed by atoms with Crippen molar-refractivity contribution in [3.05, 3.63) is 0 Å². The highest BCUT2D eigenvalue weighted by atomic mass is 16.5. The Bertz CT molecular complexity index is 271. The van der Waals surface area contributed by atoms with Gasteiger partial charge in [-0.05, 0) is 31.1 Å². The molecule has 0 aliphatic carbocycles. The van der Waals surface area contributed by atoms with Gasteiger partial charge in [0.05, 0.1) is 13.2 Å². The number of carbonyl (C=O) groups is 1. The molecule has 0 aromatic rings. The van der Waals surface area contributed by atoms with Crippen molar-refractivity contribution in [3.8, 4) is 0 Å². The Hall–Kier alpha value is -0.410. The third-order valence-electron chi connectivity index (χ3n) is 3.37. The first-order valence-electron chi connectivity index (χ1n) is 8.32. The second-order valence-electron chi connectivity index (χ2n) is 8.02. The average molecular weight is 300 g/mol. The van der Waals surface area contributed by atoms with Gasteiger partial charge in [-0.3, -0.25) is 4.79 Å². The number of rotatable bonds is 11. The van der Waals surface area contributed by atoms with Crippen LogP contribution in [0, 0.1) is 10.8 Å². The monoisotopic (exact) mass is 300 g/mol. The molecule has 0 bridgehead atoms. The zero-order valence-electron chi connectivity index (χ0n) is 15.1. The molecule has 0 saturated carbocycles. The molecule has 3 heteroatoms. The Morgan fingerprint density at radius 2 is 1.29 bits per heavy atom. The fraction of sp³-hybridized carbons (Fsp3) is 0.944. The van der Waals surface area contributed by atoms with E-state index in [9.17, 15) is 4.79 Å². The summed E-state index contributed by atoms with van der Waals surface area (Å²) >= 11 is 0. The summed E-state index contributed by atoms with van der Waals surface area (Å²) in [6, 6.07) is 0. The summed E-state index contributed by atoms with van der Waals surface area (Å²) in [5.74, 6) is 0.338. The number of ether oxygens (including phenoxy) is 2. The van der Waals surface area contributed by atoms with E-state index in [2.05, 4.69) is 20.8 Å². The van der Waals surface area contributed by atoms with Crippen molar-refractivity contribution < 1.29 is 14.3 Å². The number of hydrogen-bond donors (Lipinski definition) is 0. The van der Waals surface area contributed by atoms with Crippen LogP contribution in [-0.4, -0.2) is 32.2 Å². The third-order valence-corrected chi connectivity index (χ3v) is 3.37. The number of carbonyl (C=O) groups excluding carboxylic acids is 1. The van der Waals surface area contributed by atoms with E-state index in [1.54, 1.807) is 0 Å². The van der Waals surface area contributed by atoms with Crippen molar-refractivity contribution in [2.75, 3.05) is 26.4 Å². The highest BCUT2D eigenvalue weighted by molar-refractivity contribution is 5.83. The van der Waals surface area contributed by atoms with E-state index in [-0.39, 0.29) is 5.41 Å². The van der Waals surface area contributed by atoms with Crippen molar-refractivity contribution in [3.63, 3.8) is 0 Å². The van der Waals surface area contributed by atoms with Gasteiger partial charge in [0.15, 0.2) is 0 Å². The third kappa shape index (κ3) is 14.3. The quantitative estimate of drug-likeness (QED) is 0.522. The molecule has 0 aromatic heterocycles. The van der Waals surface area contributed by atoms with Gasteiger partial charge in [0.25, 0.3) is 0 Å². The molecular weight excluding hydrogens is 264 g/mol. The van der Waals surface area contributed by atoms with E-state index >= 15 is 0 Å². The first-order valence-corrected chi connectivity index (χ1v) is 8.32. The Morgan fingerprint density at radius 1 is 0.762 bits per heavy atom. The lowest BCUT2D eigenvalue weighted by Crippen LogP contribution is -2.19. The van der Waals surface area contributed by atoms with Crippen molar-refractivity contribution in [1.29, 1.82) is 0 Å². The lowest BCUT2D eigenvalue weighted by molar-refractivity contribution is -0.126. The smallest absolute Gasteiger partial charge is 0.138 e. The first kappa shape index (κ1) is 20.6. The van der Waals surface area contributed by atoms with Crippen LogP contribution in [0.1, 0.15) is 73.6 Å². The van der Waals surface area contributed by atoms with E-state index in [0.717, 1.165) is 32.5 Å². The maximum atomic E-state index is 11.7. The lowest BCUT2D eigenvalue weighted by atomic mass is 9.88. The molecule has 0 radical (unpaired) electrons. The van der Waals surface area contributed by atoms with Crippen molar-refractivity contribution in [2.24, 2.45) is 10.8 Å². The number of ketones is 1. The molecule has 0 aliphatic rings. The van der Waals surface area contributed by atoms with Gasteiger partial charge in [0.2, 0.25) is 0 Å². The van der Waals surface area contributed by atoms with Crippen molar-refractivity contribution >= 4 is 5.78 Å². The van der Waals surface area contributed by atoms with E-state index in [0.29, 0.717) is 30.8 Å². The van der Waals surface area contributed by atoms with Gasteiger partial charge >= 0.3 is 0 Å². The van der Waals surface area contributed by atoms with Crippen LogP contribution in [0.15, 0.2) is 0 Å². The molecule has 0 atom stereocenters. The van der Waals surface area contributed by atoms with E-state index in [4.69, 9.17) is 9.47 Å². The summed E-state index contributed by atoms with van der Waals surface area (Å²) < 4.78 is 11.1. The predicted octanol–water partition coefficient (Wildman–Crippen LogP) is 4.63.